The summed E-state index contributed by atoms with van der Waals surface area (Å²) >= 11 is 0. The third-order valence-electron chi connectivity index (χ3n) is 5.95. The monoisotopic (exact) mass is 536 g/mol. The third-order valence-corrected chi connectivity index (χ3v) is 5.95. The van der Waals surface area contributed by atoms with Crippen molar-refractivity contribution >= 4 is 29.9 Å². The summed E-state index contributed by atoms with van der Waals surface area (Å²) in [4.78, 5) is 6.99. The van der Waals surface area contributed by atoms with E-state index in [-0.39, 0.29) is 24.0 Å². The van der Waals surface area contributed by atoms with Crippen LogP contribution in [0.5, 0.6) is 11.5 Å². The zero-order valence-corrected chi connectivity index (χ0v) is 20.7. The Balaban J connectivity index is 0.00000272. The summed E-state index contributed by atoms with van der Waals surface area (Å²) in [6.07, 6.45) is 3.15. The number of rotatable bonds is 6. The summed E-state index contributed by atoms with van der Waals surface area (Å²) in [6.45, 7) is 5.59. The van der Waals surface area contributed by atoms with Crippen molar-refractivity contribution < 1.29 is 9.47 Å². The number of hydrogen-bond acceptors (Lipinski definition) is 4. The molecule has 31 heavy (non-hydrogen) atoms. The Morgan fingerprint density at radius 3 is 2.68 bits per heavy atom. The van der Waals surface area contributed by atoms with Gasteiger partial charge >= 0.3 is 0 Å². The van der Waals surface area contributed by atoms with Gasteiger partial charge in [0.25, 0.3) is 0 Å². The van der Waals surface area contributed by atoms with Crippen LogP contribution in [-0.2, 0) is 13.0 Å². The molecule has 0 radical (unpaired) electrons. The van der Waals surface area contributed by atoms with Crippen LogP contribution in [0.2, 0.25) is 0 Å². The average molecular weight is 536 g/mol. The van der Waals surface area contributed by atoms with Crippen LogP contribution in [0.3, 0.4) is 0 Å². The molecule has 7 heteroatoms. The minimum atomic E-state index is 0. The molecular formula is C24H33IN4O2. The molecule has 0 aliphatic carbocycles. The molecule has 2 aliphatic rings. The van der Waals surface area contributed by atoms with Crippen molar-refractivity contribution in [3.63, 3.8) is 0 Å². The van der Waals surface area contributed by atoms with Crippen molar-refractivity contribution in [2.75, 3.05) is 26.9 Å². The van der Waals surface area contributed by atoms with Gasteiger partial charge in [0.2, 0.25) is 6.79 Å². The minimum absolute atomic E-state index is 0. The maximum absolute atomic E-state index is 5.46. The van der Waals surface area contributed by atoms with Gasteiger partial charge in [-0.05, 0) is 49.4 Å². The van der Waals surface area contributed by atoms with E-state index in [1.165, 1.54) is 11.1 Å². The quantitative estimate of drug-likeness (QED) is 0.335. The molecule has 1 saturated heterocycles. The van der Waals surface area contributed by atoms with E-state index in [9.17, 15) is 0 Å². The van der Waals surface area contributed by atoms with Crippen molar-refractivity contribution in [3.8, 4) is 11.5 Å². The van der Waals surface area contributed by atoms with Gasteiger partial charge < -0.3 is 20.1 Å². The van der Waals surface area contributed by atoms with Crippen molar-refractivity contribution in [3.05, 3.63) is 59.7 Å². The first-order chi connectivity index (χ1) is 14.7. The normalized spacial score (nSPS) is 20.8. The smallest absolute Gasteiger partial charge is 0.231 e. The summed E-state index contributed by atoms with van der Waals surface area (Å²) < 4.78 is 10.8. The number of benzene rings is 2. The van der Waals surface area contributed by atoms with E-state index in [1.54, 1.807) is 0 Å². The average Bonchev–Trinajstić information content (AvgIpc) is 3.23. The van der Waals surface area contributed by atoms with E-state index in [2.05, 4.69) is 69.9 Å². The number of halogens is 1. The first-order valence-corrected chi connectivity index (χ1v) is 10.8. The van der Waals surface area contributed by atoms with Crippen molar-refractivity contribution in [1.29, 1.82) is 0 Å². The number of nitrogens with zero attached hydrogens (tertiary/aromatic N) is 2. The molecule has 0 aromatic heterocycles. The second-order valence-electron chi connectivity index (χ2n) is 8.11. The molecule has 0 spiro atoms. The molecule has 0 amide bonds. The van der Waals surface area contributed by atoms with Gasteiger partial charge in [-0.25, -0.2) is 0 Å². The summed E-state index contributed by atoms with van der Waals surface area (Å²) in [6, 6.07) is 17.9. The largest absolute Gasteiger partial charge is 0.454 e. The highest BCUT2D eigenvalue weighted by atomic mass is 127. The Labute approximate surface area is 202 Å². The summed E-state index contributed by atoms with van der Waals surface area (Å²) in [5, 5.41) is 7.07. The lowest BCUT2D eigenvalue weighted by Gasteiger charge is -2.38. The van der Waals surface area contributed by atoms with Crippen LogP contribution in [0.1, 0.15) is 30.9 Å². The van der Waals surface area contributed by atoms with Crippen LogP contribution in [-0.4, -0.2) is 49.9 Å². The molecule has 168 valence electrons. The zero-order valence-electron chi connectivity index (χ0n) is 18.3. The Hall–Kier alpha value is -2.00. The van der Waals surface area contributed by atoms with Gasteiger partial charge in [0, 0.05) is 38.8 Å². The second kappa shape index (κ2) is 11.6. The van der Waals surface area contributed by atoms with Gasteiger partial charge in [0.05, 0.1) is 0 Å². The molecule has 2 aliphatic heterocycles. The fraction of sp³-hybridized carbons (Fsp3) is 0.458. The third kappa shape index (κ3) is 6.49. The molecule has 2 aromatic rings. The molecule has 0 saturated carbocycles. The molecule has 2 aromatic carbocycles. The maximum atomic E-state index is 5.46. The van der Waals surface area contributed by atoms with Crippen LogP contribution in [0.15, 0.2) is 53.5 Å². The maximum Gasteiger partial charge on any atom is 0.231 e. The standard InChI is InChI=1S/C24H32N4O2.HI/c1-18-14-21(11-13-28(18)16-20-6-4-3-5-7-20)27-24(25-2)26-12-10-19-8-9-22-23(15-19)30-17-29-22;/h3-9,15,18,21H,10-14,16-17H2,1-2H3,(H2,25,26,27);1H. The van der Waals surface area contributed by atoms with Crippen LogP contribution in [0.25, 0.3) is 0 Å². The Morgan fingerprint density at radius 1 is 1.10 bits per heavy atom. The number of aliphatic imine (C=N–C) groups is 1. The van der Waals surface area contributed by atoms with Crippen molar-refractivity contribution in [2.45, 2.75) is 44.8 Å². The lowest BCUT2D eigenvalue weighted by molar-refractivity contribution is 0.134. The van der Waals surface area contributed by atoms with E-state index in [0.717, 1.165) is 56.4 Å². The number of piperidine rings is 1. The summed E-state index contributed by atoms with van der Waals surface area (Å²) in [7, 11) is 1.84. The van der Waals surface area contributed by atoms with E-state index < -0.39 is 0 Å². The van der Waals surface area contributed by atoms with E-state index in [1.807, 2.05) is 13.1 Å². The second-order valence-corrected chi connectivity index (χ2v) is 8.11. The SMILES string of the molecule is CN=C(NCCc1ccc2c(c1)OCO2)NC1CCN(Cc2ccccc2)C(C)C1.I. The topological polar surface area (TPSA) is 58.1 Å². The predicted molar refractivity (Wildman–Crippen MR) is 136 cm³/mol. The molecule has 2 heterocycles. The summed E-state index contributed by atoms with van der Waals surface area (Å²) in [5.41, 5.74) is 2.61. The van der Waals surface area contributed by atoms with Gasteiger partial charge in [0.1, 0.15) is 0 Å². The fourth-order valence-corrected chi connectivity index (χ4v) is 4.21. The molecule has 2 atom stereocenters. The lowest BCUT2D eigenvalue weighted by Crippen LogP contribution is -2.51. The molecule has 2 N–H and O–H groups in total. The molecular weight excluding hydrogens is 503 g/mol. The zero-order chi connectivity index (χ0) is 20.8. The Morgan fingerprint density at radius 2 is 1.90 bits per heavy atom. The van der Waals surface area contributed by atoms with Crippen LogP contribution in [0, 0.1) is 0 Å². The Bertz CT molecular complexity index is 862. The molecule has 2 unspecified atom stereocenters. The van der Waals surface area contributed by atoms with Gasteiger partial charge in [-0.3, -0.25) is 9.89 Å². The highest BCUT2D eigenvalue weighted by molar-refractivity contribution is 14.0. The van der Waals surface area contributed by atoms with Crippen molar-refractivity contribution in [2.24, 2.45) is 4.99 Å². The number of guanidine groups is 1. The molecule has 1 fully saturated rings. The lowest BCUT2D eigenvalue weighted by atomic mass is 9.97. The van der Waals surface area contributed by atoms with E-state index >= 15 is 0 Å². The van der Waals surface area contributed by atoms with Crippen LogP contribution in [0.4, 0.5) is 0 Å². The predicted octanol–water partition coefficient (Wildman–Crippen LogP) is 3.79. The number of ether oxygens (including phenoxy) is 2. The number of nitrogens with one attached hydrogen (secondary N) is 2. The number of hydrogen-bond donors (Lipinski definition) is 2. The van der Waals surface area contributed by atoms with Gasteiger partial charge in [-0.2, -0.15) is 0 Å². The summed E-state index contributed by atoms with van der Waals surface area (Å²) in [5.74, 6) is 2.55. The van der Waals surface area contributed by atoms with Crippen molar-refractivity contribution in [1.82, 2.24) is 15.5 Å². The first kappa shape index (κ1) is 23.7. The van der Waals surface area contributed by atoms with E-state index in [0.29, 0.717) is 18.9 Å². The first-order valence-electron chi connectivity index (χ1n) is 10.8. The molecule has 0 bridgehead atoms. The number of fused-ring (bicyclic) bond motifs is 1. The number of likely N-dealkylation sites (tertiary alicyclic amines) is 1. The Kier molecular flexibility index (Phi) is 8.83. The van der Waals surface area contributed by atoms with E-state index in [4.69, 9.17) is 9.47 Å². The van der Waals surface area contributed by atoms with Crippen LogP contribution < -0.4 is 20.1 Å². The highest BCUT2D eigenvalue weighted by Gasteiger charge is 2.26. The molecule has 4 rings (SSSR count). The highest BCUT2D eigenvalue weighted by Crippen LogP contribution is 2.32. The fourth-order valence-electron chi connectivity index (χ4n) is 4.21. The molecule has 6 nitrogen and oxygen atoms in total. The van der Waals surface area contributed by atoms with Gasteiger partial charge in [-0.1, -0.05) is 36.4 Å². The van der Waals surface area contributed by atoms with Crippen LogP contribution >= 0.6 is 24.0 Å². The minimum Gasteiger partial charge on any atom is -0.454 e. The van der Waals surface area contributed by atoms with Gasteiger partial charge in [-0.15, -0.1) is 24.0 Å². The van der Waals surface area contributed by atoms with Gasteiger partial charge in [0.15, 0.2) is 17.5 Å².